The van der Waals surface area contributed by atoms with Gasteiger partial charge in [0.05, 0.1) is 5.69 Å². The lowest BCUT2D eigenvalue weighted by atomic mass is 10.0. The second kappa shape index (κ2) is 9.14. The van der Waals surface area contributed by atoms with Crippen molar-refractivity contribution in [2.24, 2.45) is 5.73 Å². The summed E-state index contributed by atoms with van der Waals surface area (Å²) in [6.07, 6.45) is 6.01. The molecule has 3 aromatic rings. The van der Waals surface area contributed by atoms with Gasteiger partial charge in [-0.1, -0.05) is 30.3 Å². The van der Waals surface area contributed by atoms with Crippen molar-refractivity contribution in [2.45, 2.75) is 38.8 Å². The second-order valence-corrected chi connectivity index (χ2v) is 7.85. The maximum Gasteiger partial charge on any atom is 0.297 e. The van der Waals surface area contributed by atoms with Crippen LogP contribution >= 0.6 is 0 Å². The van der Waals surface area contributed by atoms with Crippen LogP contribution in [0.2, 0.25) is 0 Å². The van der Waals surface area contributed by atoms with E-state index in [-0.39, 0.29) is 23.3 Å². The van der Waals surface area contributed by atoms with E-state index in [9.17, 15) is 9.59 Å². The van der Waals surface area contributed by atoms with E-state index in [2.05, 4.69) is 15.6 Å². The number of hydrogen-bond donors (Lipinski definition) is 3. The normalized spacial score (nSPS) is 13.1. The van der Waals surface area contributed by atoms with E-state index in [0.29, 0.717) is 24.3 Å². The molecule has 0 saturated heterocycles. The topological polar surface area (TPSA) is 102 Å². The quantitative estimate of drug-likeness (QED) is 0.523. The highest BCUT2D eigenvalue weighted by Crippen LogP contribution is 2.21. The fourth-order valence-electron chi connectivity index (χ4n) is 3.55. The third-order valence-corrected chi connectivity index (χ3v) is 5.51. The van der Waals surface area contributed by atoms with Gasteiger partial charge in [0.15, 0.2) is 5.82 Å². The Morgan fingerprint density at radius 3 is 2.71 bits per heavy atom. The molecule has 0 spiro atoms. The first kappa shape index (κ1) is 20.8. The number of carbonyl (C=O) groups is 1. The Hall–Kier alpha value is -3.45. The molecule has 4 rings (SSSR count). The molecular weight excluding hydrogens is 390 g/mol. The summed E-state index contributed by atoms with van der Waals surface area (Å²) in [5.41, 5.74) is 9.92. The first-order valence-corrected chi connectivity index (χ1v) is 10.6. The van der Waals surface area contributed by atoms with E-state index in [0.717, 1.165) is 36.0 Å². The fourth-order valence-corrected chi connectivity index (χ4v) is 3.55. The third kappa shape index (κ3) is 4.83. The van der Waals surface area contributed by atoms with Gasteiger partial charge in [0.25, 0.3) is 11.5 Å². The average molecular weight is 418 g/mol. The van der Waals surface area contributed by atoms with Gasteiger partial charge in [-0.15, -0.1) is 0 Å². The fraction of sp³-hybridized carbons (Fsp3) is 0.292. The van der Waals surface area contributed by atoms with Gasteiger partial charge in [-0.25, -0.2) is 4.98 Å². The predicted molar refractivity (Wildman–Crippen MR) is 122 cm³/mol. The van der Waals surface area contributed by atoms with Crippen molar-refractivity contribution in [1.82, 2.24) is 14.9 Å². The summed E-state index contributed by atoms with van der Waals surface area (Å²) < 4.78 is 1.53. The number of carbonyl (C=O) groups excluding carboxylic acids is 1. The molecule has 1 aliphatic rings. The molecule has 0 unspecified atom stereocenters. The molecule has 0 aliphatic heterocycles. The number of amides is 1. The van der Waals surface area contributed by atoms with E-state index in [4.69, 9.17) is 5.73 Å². The van der Waals surface area contributed by atoms with E-state index in [1.807, 2.05) is 37.3 Å². The van der Waals surface area contributed by atoms with Crippen LogP contribution in [0, 0.1) is 6.92 Å². The molecule has 7 heteroatoms. The average Bonchev–Trinajstić information content (AvgIpc) is 3.60. The van der Waals surface area contributed by atoms with Crippen LogP contribution in [0.4, 0.5) is 5.82 Å². The highest BCUT2D eigenvalue weighted by molar-refractivity contribution is 5.95. The van der Waals surface area contributed by atoms with Crippen molar-refractivity contribution >= 4 is 11.7 Å². The van der Waals surface area contributed by atoms with Crippen LogP contribution in [0.15, 0.2) is 59.7 Å². The zero-order chi connectivity index (χ0) is 21.8. The summed E-state index contributed by atoms with van der Waals surface area (Å²) in [7, 11) is 0. The van der Waals surface area contributed by atoms with E-state index in [1.165, 1.54) is 4.57 Å². The van der Waals surface area contributed by atoms with Crippen molar-refractivity contribution in [3.8, 4) is 5.69 Å². The number of hydrogen-bond acceptors (Lipinski definition) is 5. The summed E-state index contributed by atoms with van der Waals surface area (Å²) in [6, 6.07) is 13.7. The van der Waals surface area contributed by atoms with Gasteiger partial charge in [-0.05, 0) is 55.0 Å². The van der Waals surface area contributed by atoms with Crippen LogP contribution in [-0.2, 0) is 13.0 Å². The van der Waals surface area contributed by atoms with Gasteiger partial charge in [0.1, 0.15) is 0 Å². The molecular formula is C24H27N5O2. The van der Waals surface area contributed by atoms with E-state index >= 15 is 0 Å². The van der Waals surface area contributed by atoms with Crippen molar-refractivity contribution in [3.05, 3.63) is 87.5 Å². The lowest BCUT2D eigenvalue weighted by Crippen LogP contribution is -2.27. The minimum absolute atomic E-state index is 0.109. The molecule has 0 radical (unpaired) electrons. The van der Waals surface area contributed by atoms with Crippen LogP contribution in [0.1, 0.15) is 39.9 Å². The van der Waals surface area contributed by atoms with Gasteiger partial charge in [-0.3, -0.25) is 14.2 Å². The molecule has 1 aromatic heterocycles. The van der Waals surface area contributed by atoms with Gasteiger partial charge in [0, 0.05) is 37.1 Å². The summed E-state index contributed by atoms with van der Waals surface area (Å²) in [5.74, 6) is 0.169. The third-order valence-electron chi connectivity index (χ3n) is 5.51. The largest absolute Gasteiger partial charge is 0.365 e. The highest BCUT2D eigenvalue weighted by Gasteiger charge is 2.24. The molecule has 31 heavy (non-hydrogen) atoms. The lowest BCUT2D eigenvalue weighted by Gasteiger charge is -2.13. The van der Waals surface area contributed by atoms with Crippen molar-refractivity contribution in [3.63, 3.8) is 0 Å². The van der Waals surface area contributed by atoms with Crippen molar-refractivity contribution < 1.29 is 4.79 Å². The molecule has 0 bridgehead atoms. The molecule has 0 atom stereocenters. The van der Waals surface area contributed by atoms with Gasteiger partial charge in [0.2, 0.25) is 0 Å². The number of rotatable bonds is 8. The summed E-state index contributed by atoms with van der Waals surface area (Å²) >= 11 is 0. The SMILES string of the molecule is Cc1ccc(C(=O)NC2CC2)cc1-n1ccnc(NCCc2ccccc2CN)c1=O. The molecule has 1 saturated carbocycles. The van der Waals surface area contributed by atoms with Crippen LogP contribution in [0.3, 0.4) is 0 Å². The van der Waals surface area contributed by atoms with Crippen LogP contribution in [0.25, 0.3) is 5.69 Å². The molecule has 7 nitrogen and oxygen atoms in total. The molecule has 1 fully saturated rings. The van der Waals surface area contributed by atoms with Gasteiger partial charge >= 0.3 is 0 Å². The van der Waals surface area contributed by atoms with Crippen molar-refractivity contribution in [2.75, 3.05) is 11.9 Å². The molecule has 2 aromatic carbocycles. The summed E-state index contributed by atoms with van der Waals surface area (Å²) in [4.78, 5) is 29.7. The van der Waals surface area contributed by atoms with Gasteiger partial charge in [-0.2, -0.15) is 0 Å². The van der Waals surface area contributed by atoms with Crippen LogP contribution in [0.5, 0.6) is 0 Å². The number of aryl methyl sites for hydroxylation is 1. The van der Waals surface area contributed by atoms with Crippen LogP contribution < -0.4 is 21.9 Å². The Kier molecular flexibility index (Phi) is 6.13. The molecule has 4 N–H and O–H groups in total. The first-order chi connectivity index (χ1) is 15.1. The smallest absolute Gasteiger partial charge is 0.297 e. The maximum absolute atomic E-state index is 13.1. The molecule has 1 aliphatic carbocycles. The number of nitrogens with one attached hydrogen (secondary N) is 2. The zero-order valence-corrected chi connectivity index (χ0v) is 17.6. The minimum atomic E-state index is -0.252. The maximum atomic E-state index is 13.1. The Morgan fingerprint density at radius 2 is 1.97 bits per heavy atom. The Balaban J connectivity index is 1.53. The number of anilines is 1. The van der Waals surface area contributed by atoms with Crippen molar-refractivity contribution in [1.29, 1.82) is 0 Å². The second-order valence-electron chi connectivity index (χ2n) is 7.85. The highest BCUT2D eigenvalue weighted by atomic mass is 16.2. The Morgan fingerprint density at radius 1 is 1.19 bits per heavy atom. The zero-order valence-electron chi connectivity index (χ0n) is 17.6. The van der Waals surface area contributed by atoms with E-state index in [1.54, 1.807) is 24.5 Å². The number of nitrogens with zero attached hydrogens (tertiary/aromatic N) is 2. The molecule has 1 heterocycles. The number of aromatic nitrogens is 2. The monoisotopic (exact) mass is 417 g/mol. The molecule has 1 amide bonds. The Labute approximate surface area is 181 Å². The van der Waals surface area contributed by atoms with Crippen LogP contribution in [-0.4, -0.2) is 28.0 Å². The predicted octanol–water partition coefficient (Wildman–Crippen LogP) is 2.55. The van der Waals surface area contributed by atoms with Gasteiger partial charge < -0.3 is 16.4 Å². The lowest BCUT2D eigenvalue weighted by molar-refractivity contribution is 0.0951. The first-order valence-electron chi connectivity index (χ1n) is 10.6. The number of benzene rings is 2. The molecule has 160 valence electrons. The summed E-state index contributed by atoms with van der Waals surface area (Å²) in [6.45, 7) is 2.96. The van der Waals surface area contributed by atoms with E-state index < -0.39 is 0 Å². The minimum Gasteiger partial charge on any atom is -0.365 e. The summed E-state index contributed by atoms with van der Waals surface area (Å²) in [5, 5.41) is 6.14. The Bertz CT molecular complexity index is 1150. The number of nitrogens with two attached hydrogens (primary N) is 1. The standard InChI is InChI=1S/C24H27N5O2/c1-16-6-7-18(23(30)28-20-8-9-20)14-21(16)29-13-12-27-22(24(29)31)26-11-10-17-4-2-3-5-19(17)15-25/h2-7,12-14,20H,8-11,15,25H2,1H3,(H,26,27)(H,28,30).